The lowest BCUT2D eigenvalue weighted by Gasteiger charge is -2.10. The zero-order valence-corrected chi connectivity index (χ0v) is 14.6. The Kier molecular flexibility index (Phi) is 5.17. The van der Waals surface area contributed by atoms with Crippen molar-refractivity contribution in [2.75, 3.05) is 11.9 Å². The maximum absolute atomic E-state index is 12.1. The summed E-state index contributed by atoms with van der Waals surface area (Å²) < 4.78 is 5.53. The van der Waals surface area contributed by atoms with Gasteiger partial charge in [0.15, 0.2) is 0 Å². The van der Waals surface area contributed by atoms with E-state index in [1.54, 1.807) is 24.3 Å². The van der Waals surface area contributed by atoms with Crippen molar-refractivity contribution >= 4 is 28.8 Å². The van der Waals surface area contributed by atoms with E-state index in [0.29, 0.717) is 17.3 Å². The van der Waals surface area contributed by atoms with Crippen LogP contribution in [0.2, 0.25) is 0 Å². The lowest BCUT2D eigenvalue weighted by Crippen LogP contribution is -2.33. The molecule has 0 bridgehead atoms. The molecule has 0 saturated heterocycles. The molecule has 3 N–H and O–H groups in total. The van der Waals surface area contributed by atoms with Gasteiger partial charge in [0.05, 0.1) is 23.7 Å². The third kappa shape index (κ3) is 4.38. The van der Waals surface area contributed by atoms with E-state index in [-0.39, 0.29) is 24.5 Å². The number of anilines is 1. The van der Waals surface area contributed by atoms with Gasteiger partial charge in [-0.2, -0.15) is 0 Å². The monoisotopic (exact) mass is 352 g/mol. The molecule has 0 atom stereocenters. The summed E-state index contributed by atoms with van der Waals surface area (Å²) in [5.41, 5.74) is 2.05. The van der Waals surface area contributed by atoms with Gasteiger partial charge in [0, 0.05) is 5.56 Å². The zero-order valence-electron chi connectivity index (χ0n) is 14.6. The van der Waals surface area contributed by atoms with Crippen LogP contribution in [0.1, 0.15) is 24.2 Å². The summed E-state index contributed by atoms with van der Waals surface area (Å²) in [6.45, 7) is 3.71. The Hall–Kier alpha value is -3.35. The fourth-order valence-corrected chi connectivity index (χ4v) is 2.41. The molecular weight excluding hydrogens is 332 g/mol. The second-order valence-corrected chi connectivity index (χ2v) is 6.02. The number of carbonyl (C=O) groups excluding carboxylic acids is 2. The highest BCUT2D eigenvalue weighted by Crippen LogP contribution is 2.14. The number of amides is 2. The summed E-state index contributed by atoms with van der Waals surface area (Å²) in [4.78, 5) is 31.4. The number of benzene rings is 2. The van der Waals surface area contributed by atoms with E-state index in [1.165, 1.54) is 0 Å². The van der Waals surface area contributed by atoms with Crippen molar-refractivity contribution in [2.24, 2.45) is 0 Å². The second-order valence-electron chi connectivity index (χ2n) is 6.02. The zero-order chi connectivity index (χ0) is 18.5. The van der Waals surface area contributed by atoms with Crippen LogP contribution >= 0.6 is 0 Å². The number of imidazole rings is 1. The van der Waals surface area contributed by atoms with Crippen molar-refractivity contribution in [1.82, 2.24) is 15.3 Å². The Morgan fingerprint density at radius 3 is 2.54 bits per heavy atom. The largest absolute Gasteiger partial charge is 0.491 e. The Balaban J connectivity index is 1.52. The molecular formula is C19H20N4O3. The number of carbonyl (C=O) groups is 2. The highest BCUT2D eigenvalue weighted by Gasteiger charge is 2.10. The molecule has 134 valence electrons. The average Bonchev–Trinajstić information content (AvgIpc) is 3.02. The number of nitrogens with one attached hydrogen (secondary N) is 3. The first-order valence-electron chi connectivity index (χ1n) is 8.31. The third-order valence-electron chi connectivity index (χ3n) is 3.54. The minimum Gasteiger partial charge on any atom is -0.491 e. The molecule has 0 aliphatic rings. The molecule has 0 aliphatic carbocycles. The Morgan fingerprint density at radius 1 is 1.12 bits per heavy atom. The predicted octanol–water partition coefficient (Wildman–Crippen LogP) is 2.72. The first-order valence-corrected chi connectivity index (χ1v) is 8.31. The molecule has 3 rings (SSSR count). The van der Waals surface area contributed by atoms with Gasteiger partial charge in [-0.1, -0.05) is 12.1 Å². The predicted molar refractivity (Wildman–Crippen MR) is 99.3 cm³/mol. The van der Waals surface area contributed by atoms with E-state index in [4.69, 9.17) is 4.74 Å². The Morgan fingerprint density at radius 2 is 1.85 bits per heavy atom. The molecule has 1 aromatic heterocycles. The number of fused-ring (bicyclic) bond motifs is 1. The molecule has 0 aliphatic heterocycles. The van der Waals surface area contributed by atoms with Crippen LogP contribution in [0, 0.1) is 0 Å². The number of aromatic amines is 1. The molecule has 26 heavy (non-hydrogen) atoms. The second kappa shape index (κ2) is 7.69. The van der Waals surface area contributed by atoms with E-state index in [9.17, 15) is 9.59 Å². The number of para-hydroxylation sites is 2. The highest BCUT2D eigenvalue weighted by molar-refractivity contribution is 5.99. The van der Waals surface area contributed by atoms with Crippen LogP contribution in [0.25, 0.3) is 11.0 Å². The molecule has 0 unspecified atom stereocenters. The van der Waals surface area contributed by atoms with Gasteiger partial charge in [0.1, 0.15) is 5.75 Å². The topological polar surface area (TPSA) is 96.1 Å². The summed E-state index contributed by atoms with van der Waals surface area (Å²) in [5.74, 6) is 0.345. The van der Waals surface area contributed by atoms with Crippen molar-refractivity contribution in [3.63, 3.8) is 0 Å². The molecule has 2 aromatic carbocycles. The number of H-pyrrole nitrogens is 1. The first kappa shape index (κ1) is 17.5. The first-order chi connectivity index (χ1) is 12.5. The molecule has 0 spiro atoms. The SMILES string of the molecule is CC(C)Oc1ccc(C(=O)NCC(=O)Nc2nc3ccccc3[nH]2)cc1. The van der Waals surface area contributed by atoms with Gasteiger partial charge in [0.25, 0.3) is 5.91 Å². The number of hydrogen-bond acceptors (Lipinski definition) is 4. The quantitative estimate of drug-likeness (QED) is 0.635. The summed E-state index contributed by atoms with van der Waals surface area (Å²) in [6, 6.07) is 14.2. The molecule has 0 fully saturated rings. The highest BCUT2D eigenvalue weighted by atomic mass is 16.5. The van der Waals surface area contributed by atoms with Gasteiger partial charge < -0.3 is 15.0 Å². The van der Waals surface area contributed by atoms with Crippen LogP contribution in [0.3, 0.4) is 0 Å². The van der Waals surface area contributed by atoms with Crippen LogP contribution < -0.4 is 15.4 Å². The number of aromatic nitrogens is 2. The molecule has 7 heteroatoms. The smallest absolute Gasteiger partial charge is 0.251 e. The van der Waals surface area contributed by atoms with Crippen LogP contribution in [0.5, 0.6) is 5.75 Å². The van der Waals surface area contributed by atoms with Crippen LogP contribution in [-0.2, 0) is 4.79 Å². The maximum atomic E-state index is 12.1. The Bertz CT molecular complexity index is 883. The third-order valence-corrected chi connectivity index (χ3v) is 3.54. The summed E-state index contributed by atoms with van der Waals surface area (Å²) in [7, 11) is 0. The minimum absolute atomic E-state index is 0.0663. The lowest BCUT2D eigenvalue weighted by molar-refractivity contribution is -0.115. The van der Waals surface area contributed by atoms with Crippen molar-refractivity contribution in [2.45, 2.75) is 20.0 Å². The molecule has 2 amide bonds. The van der Waals surface area contributed by atoms with Gasteiger partial charge in [0.2, 0.25) is 11.9 Å². The molecule has 7 nitrogen and oxygen atoms in total. The van der Waals surface area contributed by atoms with Crippen molar-refractivity contribution in [3.05, 3.63) is 54.1 Å². The van der Waals surface area contributed by atoms with Crippen molar-refractivity contribution in [1.29, 1.82) is 0 Å². The van der Waals surface area contributed by atoms with Gasteiger partial charge in [-0.3, -0.25) is 14.9 Å². The van der Waals surface area contributed by atoms with Crippen LogP contribution in [-0.4, -0.2) is 34.4 Å². The van der Waals surface area contributed by atoms with Crippen molar-refractivity contribution < 1.29 is 14.3 Å². The Labute approximate surface area is 150 Å². The van der Waals surface area contributed by atoms with Gasteiger partial charge in [-0.05, 0) is 50.2 Å². The standard InChI is InChI=1S/C19H20N4O3/c1-12(2)26-14-9-7-13(8-10-14)18(25)20-11-17(24)23-19-21-15-5-3-4-6-16(15)22-19/h3-10,12H,11H2,1-2H3,(H,20,25)(H2,21,22,23,24). The normalized spacial score (nSPS) is 10.7. The number of rotatable bonds is 6. The van der Waals surface area contributed by atoms with Gasteiger partial charge >= 0.3 is 0 Å². The van der Waals surface area contributed by atoms with E-state index in [0.717, 1.165) is 11.0 Å². The van der Waals surface area contributed by atoms with Crippen molar-refractivity contribution in [3.8, 4) is 5.75 Å². The number of ether oxygens (including phenoxy) is 1. The summed E-state index contributed by atoms with van der Waals surface area (Å²) in [6.07, 6.45) is 0.0663. The van der Waals surface area contributed by atoms with E-state index in [1.807, 2.05) is 38.1 Å². The van der Waals surface area contributed by atoms with Gasteiger partial charge in [-0.15, -0.1) is 0 Å². The summed E-state index contributed by atoms with van der Waals surface area (Å²) >= 11 is 0. The van der Waals surface area contributed by atoms with E-state index in [2.05, 4.69) is 20.6 Å². The fourth-order valence-electron chi connectivity index (χ4n) is 2.41. The van der Waals surface area contributed by atoms with E-state index < -0.39 is 0 Å². The summed E-state index contributed by atoms with van der Waals surface area (Å²) in [5, 5.41) is 5.21. The lowest BCUT2D eigenvalue weighted by atomic mass is 10.2. The molecule has 0 radical (unpaired) electrons. The molecule has 0 saturated carbocycles. The minimum atomic E-state index is -0.364. The maximum Gasteiger partial charge on any atom is 0.251 e. The molecule has 3 aromatic rings. The van der Waals surface area contributed by atoms with Crippen LogP contribution in [0.4, 0.5) is 5.95 Å². The van der Waals surface area contributed by atoms with E-state index >= 15 is 0 Å². The fraction of sp³-hybridized carbons (Fsp3) is 0.211. The number of nitrogens with zero attached hydrogens (tertiary/aromatic N) is 1. The molecule has 1 heterocycles. The average molecular weight is 352 g/mol. The van der Waals surface area contributed by atoms with Gasteiger partial charge in [-0.25, -0.2) is 4.98 Å². The number of hydrogen-bond donors (Lipinski definition) is 3. The van der Waals surface area contributed by atoms with Crippen LogP contribution in [0.15, 0.2) is 48.5 Å².